The maximum Gasteiger partial charge on any atom is 0.252 e. The van der Waals surface area contributed by atoms with E-state index in [2.05, 4.69) is 323 Å². The molecule has 7 heteroatoms. The van der Waals surface area contributed by atoms with Gasteiger partial charge in [0.2, 0.25) is 0 Å². The molecule has 13 aromatic rings. The van der Waals surface area contributed by atoms with Crippen LogP contribution >= 0.6 is 0 Å². The second kappa shape index (κ2) is 19.1. The number of hydrogen-bond donors (Lipinski definition) is 0. The number of nitrogens with zero attached hydrogens (tertiary/aromatic N) is 4. The molecular formula is C79H51BN4O2. The molecule has 0 aromatic heterocycles. The Morgan fingerprint density at radius 1 is 0.244 bits per heavy atom. The molecule has 4 aliphatic heterocycles. The minimum Gasteiger partial charge on any atom is -0.453 e. The number of hydrogen-bond acceptors (Lipinski definition) is 6. The van der Waals surface area contributed by atoms with Crippen LogP contribution in [0.4, 0.5) is 68.2 Å². The first-order chi connectivity index (χ1) is 42.7. The van der Waals surface area contributed by atoms with Crippen LogP contribution in [0.5, 0.6) is 23.0 Å². The van der Waals surface area contributed by atoms with Crippen molar-refractivity contribution >= 4 is 91.3 Å². The van der Waals surface area contributed by atoms with E-state index < -0.39 is 0 Å². The van der Waals surface area contributed by atoms with Gasteiger partial charge in [0.15, 0.2) is 23.0 Å². The lowest BCUT2D eigenvalue weighted by atomic mass is 9.33. The fraction of sp³-hybridized carbons (Fsp3) is 0.0127. The van der Waals surface area contributed by atoms with Crippen LogP contribution in [0.1, 0.15) is 22.6 Å². The molecule has 0 N–H and O–H groups in total. The van der Waals surface area contributed by atoms with Crippen LogP contribution in [0.15, 0.2) is 303 Å². The first kappa shape index (κ1) is 48.3. The van der Waals surface area contributed by atoms with Crippen molar-refractivity contribution in [1.29, 1.82) is 0 Å². The molecule has 18 rings (SSSR count). The number of benzene rings is 13. The Kier molecular flexibility index (Phi) is 10.7. The number of rotatable bonds is 7. The van der Waals surface area contributed by atoms with E-state index in [9.17, 15) is 0 Å². The number of ether oxygens (including phenoxy) is 2. The van der Waals surface area contributed by atoms with Crippen LogP contribution in [0, 0.1) is 0 Å². The molecule has 0 amide bonds. The van der Waals surface area contributed by atoms with Gasteiger partial charge in [0.1, 0.15) is 0 Å². The molecule has 1 aliphatic carbocycles. The maximum absolute atomic E-state index is 6.71. The van der Waals surface area contributed by atoms with Crippen molar-refractivity contribution in [2.24, 2.45) is 0 Å². The Balaban J connectivity index is 0.977. The van der Waals surface area contributed by atoms with E-state index in [0.29, 0.717) is 0 Å². The van der Waals surface area contributed by atoms with Gasteiger partial charge in [-0.3, -0.25) is 0 Å². The van der Waals surface area contributed by atoms with Crippen LogP contribution in [0.3, 0.4) is 0 Å². The van der Waals surface area contributed by atoms with E-state index in [-0.39, 0.29) is 12.6 Å². The summed E-state index contributed by atoms with van der Waals surface area (Å²) in [6.45, 7) is -0.212. The summed E-state index contributed by atoms with van der Waals surface area (Å²) in [5.74, 6) is 3.14. The quantitative estimate of drug-likeness (QED) is 0.148. The highest BCUT2D eigenvalue weighted by Crippen LogP contribution is 2.59. The molecule has 0 unspecified atom stereocenters. The summed E-state index contributed by atoms with van der Waals surface area (Å²) in [5.41, 5.74) is 27.1. The van der Waals surface area contributed by atoms with E-state index in [1.165, 1.54) is 55.3 Å². The minimum absolute atomic E-state index is 0.0729. The standard InChI is InChI=1S/C79H51BN4O2/c1-3-23-51(24-4-1)53-43-45-62-60(47-53)80-61-48-54(52-25-5-2-6-26-52)44-46-63(61)82(65-32-12-14-34-67(65)84-70-37-17-21-41-76(70)86-77-42-22-18-38-71(77)84)73-50-55(78-58-29-9-7-27-56(58)57-28-8-10-30-59(57)78)49-72(79(73)80)81(62)64-31-11-13-33-66(64)83-68-35-15-19-39-74(68)85-75-40-20-16-36-69(75)83/h1-50,78H. The number of fused-ring (bicyclic) bond motifs is 11. The van der Waals surface area contributed by atoms with Crippen LogP contribution in [-0.2, 0) is 0 Å². The molecule has 0 saturated heterocycles. The van der Waals surface area contributed by atoms with Crippen molar-refractivity contribution in [3.63, 3.8) is 0 Å². The Labute approximate surface area is 500 Å². The first-order valence-electron chi connectivity index (χ1n) is 29.6. The summed E-state index contributed by atoms with van der Waals surface area (Å²) in [6.07, 6.45) is 0. The molecule has 0 bridgehead atoms. The van der Waals surface area contributed by atoms with Crippen molar-refractivity contribution in [3.05, 3.63) is 320 Å². The SMILES string of the molecule is c1ccc(-c2ccc3c(c2)B2c4cc(-c5ccccc5)ccc4N(c4ccccc4N4c5ccccc5Oc5ccccc54)c4cc(C5c6ccccc6-c6ccccc65)cc(c42)N3c2ccccc2N2c3ccccc3Oc3ccccc32)cc1. The zero-order chi connectivity index (χ0) is 56.4. The lowest BCUT2D eigenvalue weighted by Crippen LogP contribution is -2.61. The monoisotopic (exact) mass is 1100 g/mol. The van der Waals surface area contributed by atoms with Gasteiger partial charge in [-0.15, -0.1) is 0 Å². The Bertz CT molecular complexity index is 4520. The normalized spacial score (nSPS) is 13.6. The summed E-state index contributed by atoms with van der Waals surface area (Å²) >= 11 is 0. The van der Waals surface area contributed by atoms with E-state index in [1.807, 2.05) is 0 Å². The zero-order valence-electron chi connectivity index (χ0n) is 46.6. The summed E-state index contributed by atoms with van der Waals surface area (Å²) < 4.78 is 13.4. The van der Waals surface area contributed by atoms with Crippen molar-refractivity contribution in [3.8, 4) is 56.4 Å². The Morgan fingerprint density at radius 2 is 0.558 bits per heavy atom. The van der Waals surface area contributed by atoms with Gasteiger partial charge in [-0.25, -0.2) is 0 Å². The number of para-hydroxylation sites is 12. The highest BCUT2D eigenvalue weighted by molar-refractivity contribution is 7.00. The third kappa shape index (κ3) is 7.28. The zero-order valence-corrected chi connectivity index (χ0v) is 46.6. The lowest BCUT2D eigenvalue weighted by molar-refractivity contribution is 0.477. The molecule has 0 saturated carbocycles. The molecule has 0 spiro atoms. The average molecular weight is 1100 g/mol. The van der Waals surface area contributed by atoms with Crippen LogP contribution in [-0.4, -0.2) is 6.71 Å². The van der Waals surface area contributed by atoms with Crippen molar-refractivity contribution < 1.29 is 9.47 Å². The smallest absolute Gasteiger partial charge is 0.252 e. The van der Waals surface area contributed by atoms with Gasteiger partial charge in [0.25, 0.3) is 6.71 Å². The third-order valence-electron chi connectivity index (χ3n) is 18.1. The van der Waals surface area contributed by atoms with E-state index in [1.54, 1.807) is 0 Å². The van der Waals surface area contributed by atoms with Crippen molar-refractivity contribution in [2.45, 2.75) is 5.92 Å². The molecular weight excluding hydrogens is 1050 g/mol. The summed E-state index contributed by atoms with van der Waals surface area (Å²) in [5, 5.41) is 0. The van der Waals surface area contributed by atoms with Crippen LogP contribution < -0.4 is 45.5 Å². The lowest BCUT2D eigenvalue weighted by Gasteiger charge is -2.46. The largest absolute Gasteiger partial charge is 0.453 e. The van der Waals surface area contributed by atoms with Crippen LogP contribution in [0.2, 0.25) is 0 Å². The first-order valence-corrected chi connectivity index (χ1v) is 29.6. The predicted octanol–water partition coefficient (Wildman–Crippen LogP) is 19.4. The average Bonchev–Trinajstić information content (AvgIpc) is 0.795. The summed E-state index contributed by atoms with van der Waals surface area (Å²) in [7, 11) is 0. The fourth-order valence-electron chi connectivity index (χ4n) is 14.5. The molecule has 402 valence electrons. The number of anilines is 12. The van der Waals surface area contributed by atoms with Gasteiger partial charge in [-0.2, -0.15) is 0 Å². The topological polar surface area (TPSA) is 31.4 Å². The highest BCUT2D eigenvalue weighted by Gasteiger charge is 2.46. The van der Waals surface area contributed by atoms with E-state index in [0.717, 1.165) is 102 Å². The molecule has 13 aromatic carbocycles. The van der Waals surface area contributed by atoms with E-state index >= 15 is 0 Å². The molecule has 0 atom stereocenters. The Morgan fingerprint density at radius 3 is 0.942 bits per heavy atom. The fourth-order valence-corrected chi connectivity index (χ4v) is 14.5. The molecule has 0 radical (unpaired) electrons. The van der Waals surface area contributed by atoms with Crippen molar-refractivity contribution in [1.82, 2.24) is 0 Å². The second-order valence-corrected chi connectivity index (χ2v) is 22.7. The third-order valence-corrected chi connectivity index (χ3v) is 18.1. The summed E-state index contributed by atoms with van der Waals surface area (Å²) in [4.78, 5) is 9.98. The summed E-state index contributed by atoms with van der Waals surface area (Å²) in [6, 6.07) is 111. The van der Waals surface area contributed by atoms with Gasteiger partial charge in [0.05, 0.1) is 45.5 Å². The predicted molar refractivity (Wildman–Crippen MR) is 354 cm³/mol. The second-order valence-electron chi connectivity index (χ2n) is 22.7. The van der Waals surface area contributed by atoms with Gasteiger partial charge in [-0.05, 0) is 164 Å². The molecule has 6 nitrogen and oxygen atoms in total. The van der Waals surface area contributed by atoms with E-state index in [4.69, 9.17) is 9.47 Å². The molecule has 0 fully saturated rings. The van der Waals surface area contributed by atoms with Gasteiger partial charge < -0.3 is 29.1 Å². The molecule has 4 heterocycles. The van der Waals surface area contributed by atoms with Gasteiger partial charge in [-0.1, -0.05) is 206 Å². The van der Waals surface area contributed by atoms with Gasteiger partial charge in [0, 0.05) is 28.7 Å². The molecule has 5 aliphatic rings. The minimum atomic E-state index is -0.212. The highest BCUT2D eigenvalue weighted by atomic mass is 16.5. The van der Waals surface area contributed by atoms with Crippen LogP contribution in [0.25, 0.3) is 33.4 Å². The van der Waals surface area contributed by atoms with Gasteiger partial charge >= 0.3 is 0 Å². The maximum atomic E-state index is 6.71. The Hall–Kier alpha value is -11.3. The molecule has 86 heavy (non-hydrogen) atoms. The van der Waals surface area contributed by atoms with Crippen molar-refractivity contribution in [2.75, 3.05) is 19.6 Å².